The van der Waals surface area contributed by atoms with Gasteiger partial charge in [-0.25, -0.2) is 4.98 Å². The van der Waals surface area contributed by atoms with E-state index in [1.807, 2.05) is 22.2 Å². The van der Waals surface area contributed by atoms with Crippen molar-refractivity contribution in [3.63, 3.8) is 0 Å². The molecule has 0 saturated carbocycles. The number of rotatable bonds is 4. The Morgan fingerprint density at radius 1 is 1.42 bits per heavy atom. The van der Waals surface area contributed by atoms with Gasteiger partial charge in [-0.1, -0.05) is 0 Å². The van der Waals surface area contributed by atoms with Gasteiger partial charge in [-0.05, 0) is 19.5 Å². The number of ketones is 1. The topological polar surface area (TPSA) is 49.6 Å². The van der Waals surface area contributed by atoms with Gasteiger partial charge >= 0.3 is 0 Å². The van der Waals surface area contributed by atoms with Crippen LogP contribution in [0.2, 0.25) is 0 Å². The normalized spacial score (nSPS) is 17.7. The van der Waals surface area contributed by atoms with Crippen molar-refractivity contribution >= 4 is 22.1 Å². The number of nitrogens with one attached hydrogen (secondary N) is 1. The lowest BCUT2D eigenvalue weighted by molar-refractivity contribution is -0.119. The first kappa shape index (κ1) is 12.8. The maximum Gasteiger partial charge on any atom is 0.193 e. The van der Waals surface area contributed by atoms with Crippen LogP contribution in [0, 0.1) is 0 Å². The largest absolute Gasteiger partial charge is 0.315 e. The van der Waals surface area contributed by atoms with E-state index >= 15 is 0 Å². The molecule has 6 heteroatoms. The van der Waals surface area contributed by atoms with Crippen LogP contribution in [0.4, 0.5) is 0 Å². The van der Waals surface area contributed by atoms with Gasteiger partial charge in [-0.2, -0.15) is 0 Å². The Kier molecular flexibility index (Phi) is 3.91. The van der Waals surface area contributed by atoms with Crippen LogP contribution >= 0.6 is 11.3 Å². The number of fused-ring (bicyclic) bond motifs is 1. The minimum Gasteiger partial charge on any atom is -0.315 e. The fraction of sp³-hybridized carbons (Fsp3) is 0.538. The quantitative estimate of drug-likeness (QED) is 0.899. The van der Waals surface area contributed by atoms with Crippen molar-refractivity contribution < 1.29 is 4.79 Å². The molecule has 1 N–H and O–H groups in total. The summed E-state index contributed by atoms with van der Waals surface area (Å²) in [4.78, 5) is 19.7. The van der Waals surface area contributed by atoms with Crippen LogP contribution in [-0.2, 0) is 11.2 Å². The predicted octanol–water partition coefficient (Wildman–Crippen LogP) is 0.803. The highest BCUT2D eigenvalue weighted by molar-refractivity contribution is 7.15. The molecular weight excluding hydrogens is 260 g/mol. The second-order valence-electron chi connectivity index (χ2n) is 4.92. The Bertz CT molecular complexity index is 525. The van der Waals surface area contributed by atoms with Crippen molar-refractivity contribution in [2.45, 2.75) is 12.8 Å². The van der Waals surface area contributed by atoms with Gasteiger partial charge < -0.3 is 5.32 Å². The number of hydrogen-bond donors (Lipinski definition) is 1. The number of aromatic nitrogens is 2. The third-order valence-corrected chi connectivity index (χ3v) is 4.12. The van der Waals surface area contributed by atoms with Crippen molar-refractivity contribution in [3.8, 4) is 0 Å². The average molecular weight is 278 g/mol. The maximum absolute atomic E-state index is 12.1. The lowest BCUT2D eigenvalue weighted by Crippen LogP contribution is -2.33. The number of imidazole rings is 1. The molecule has 102 valence electrons. The molecule has 0 bridgehead atoms. The second kappa shape index (κ2) is 5.81. The Hall–Kier alpha value is -1.24. The summed E-state index contributed by atoms with van der Waals surface area (Å²) >= 11 is 1.60. The van der Waals surface area contributed by atoms with Gasteiger partial charge in [-0.3, -0.25) is 14.1 Å². The van der Waals surface area contributed by atoms with Crippen LogP contribution < -0.4 is 5.32 Å². The highest BCUT2D eigenvalue weighted by Gasteiger charge is 2.14. The first-order valence-electron chi connectivity index (χ1n) is 6.67. The summed E-state index contributed by atoms with van der Waals surface area (Å²) in [5.41, 5.74) is 0.879. The van der Waals surface area contributed by atoms with E-state index < -0.39 is 0 Å². The molecule has 0 unspecified atom stereocenters. The zero-order chi connectivity index (χ0) is 13.1. The highest BCUT2D eigenvalue weighted by Crippen LogP contribution is 2.12. The Morgan fingerprint density at radius 2 is 2.37 bits per heavy atom. The standard InChI is InChI=1S/C13H18N4OS/c18-12(10-16-4-1-2-14-3-5-16)8-11-9-17-6-7-19-13(17)15-11/h6-7,9,14H,1-5,8,10H2. The van der Waals surface area contributed by atoms with Crippen molar-refractivity contribution in [1.29, 1.82) is 0 Å². The molecule has 0 radical (unpaired) electrons. The van der Waals surface area contributed by atoms with Crippen molar-refractivity contribution in [1.82, 2.24) is 19.6 Å². The molecule has 1 aliphatic heterocycles. The van der Waals surface area contributed by atoms with Crippen LogP contribution in [-0.4, -0.2) is 52.8 Å². The van der Waals surface area contributed by atoms with E-state index in [4.69, 9.17) is 0 Å². The minimum atomic E-state index is 0.257. The van der Waals surface area contributed by atoms with Crippen molar-refractivity contribution in [3.05, 3.63) is 23.5 Å². The molecule has 0 amide bonds. The van der Waals surface area contributed by atoms with Gasteiger partial charge in [0, 0.05) is 30.9 Å². The third kappa shape index (κ3) is 3.20. The zero-order valence-corrected chi connectivity index (χ0v) is 11.7. The lowest BCUT2D eigenvalue weighted by Gasteiger charge is -2.17. The Balaban J connectivity index is 1.56. The molecule has 3 heterocycles. The maximum atomic E-state index is 12.1. The number of thiazole rings is 1. The summed E-state index contributed by atoms with van der Waals surface area (Å²) in [7, 11) is 0. The van der Waals surface area contributed by atoms with Crippen LogP contribution in [0.5, 0.6) is 0 Å². The summed E-state index contributed by atoms with van der Waals surface area (Å²) in [6.45, 7) is 4.56. The average Bonchev–Trinajstić information content (AvgIpc) is 2.83. The van der Waals surface area contributed by atoms with Crippen LogP contribution in [0.3, 0.4) is 0 Å². The smallest absolute Gasteiger partial charge is 0.193 e. The minimum absolute atomic E-state index is 0.257. The van der Waals surface area contributed by atoms with Crippen molar-refractivity contribution in [2.75, 3.05) is 32.7 Å². The predicted molar refractivity (Wildman–Crippen MR) is 75.7 cm³/mol. The molecule has 5 nitrogen and oxygen atoms in total. The molecule has 1 saturated heterocycles. The lowest BCUT2D eigenvalue weighted by atomic mass is 10.2. The number of carbonyl (C=O) groups excluding carboxylic acids is 1. The summed E-state index contributed by atoms with van der Waals surface area (Å²) < 4.78 is 1.98. The molecule has 0 aromatic carbocycles. The molecule has 2 aromatic heterocycles. The first-order chi connectivity index (χ1) is 9.31. The summed E-state index contributed by atoms with van der Waals surface area (Å²) in [6.07, 6.45) is 5.49. The molecule has 0 aliphatic carbocycles. The Morgan fingerprint density at radius 3 is 3.26 bits per heavy atom. The van der Waals surface area contributed by atoms with Crippen LogP contribution in [0.25, 0.3) is 4.96 Å². The van der Waals surface area contributed by atoms with E-state index in [1.54, 1.807) is 11.3 Å². The van der Waals surface area contributed by atoms with Gasteiger partial charge in [0.25, 0.3) is 0 Å². The van der Waals surface area contributed by atoms with E-state index in [9.17, 15) is 4.79 Å². The van der Waals surface area contributed by atoms with Gasteiger partial charge in [0.1, 0.15) is 0 Å². The molecule has 2 aromatic rings. The van der Waals surface area contributed by atoms with Gasteiger partial charge in [0.05, 0.1) is 18.7 Å². The van der Waals surface area contributed by atoms with Gasteiger partial charge in [-0.15, -0.1) is 11.3 Å². The molecule has 1 fully saturated rings. The first-order valence-corrected chi connectivity index (χ1v) is 7.55. The van der Waals surface area contributed by atoms with Gasteiger partial charge in [0.15, 0.2) is 10.7 Å². The highest BCUT2D eigenvalue weighted by atomic mass is 32.1. The van der Waals surface area contributed by atoms with Gasteiger partial charge in [0.2, 0.25) is 0 Å². The molecular formula is C13H18N4OS. The molecule has 19 heavy (non-hydrogen) atoms. The summed E-state index contributed by atoms with van der Waals surface area (Å²) in [6, 6.07) is 0. The number of carbonyl (C=O) groups is 1. The molecule has 0 atom stereocenters. The molecule has 0 spiro atoms. The fourth-order valence-corrected chi connectivity index (χ4v) is 3.15. The Labute approximate surface area is 116 Å². The van der Waals surface area contributed by atoms with E-state index in [0.717, 1.165) is 43.3 Å². The summed E-state index contributed by atoms with van der Waals surface area (Å²) in [5.74, 6) is 0.257. The summed E-state index contributed by atoms with van der Waals surface area (Å²) in [5, 5.41) is 5.35. The third-order valence-electron chi connectivity index (χ3n) is 3.35. The van der Waals surface area contributed by atoms with Crippen molar-refractivity contribution in [2.24, 2.45) is 0 Å². The van der Waals surface area contributed by atoms with E-state index in [2.05, 4.69) is 15.2 Å². The fourth-order valence-electron chi connectivity index (χ4n) is 2.43. The monoisotopic (exact) mass is 278 g/mol. The SMILES string of the molecule is O=C(Cc1cn2ccsc2n1)CN1CCCNCC1. The number of hydrogen-bond acceptors (Lipinski definition) is 5. The number of nitrogens with zero attached hydrogens (tertiary/aromatic N) is 3. The molecule has 1 aliphatic rings. The molecule has 3 rings (SSSR count). The van der Waals surface area contributed by atoms with E-state index in [1.165, 1.54) is 0 Å². The second-order valence-corrected chi connectivity index (χ2v) is 5.79. The van der Waals surface area contributed by atoms with Crippen LogP contribution in [0.1, 0.15) is 12.1 Å². The van der Waals surface area contributed by atoms with E-state index in [-0.39, 0.29) is 5.78 Å². The zero-order valence-electron chi connectivity index (χ0n) is 10.8. The van der Waals surface area contributed by atoms with Crippen LogP contribution in [0.15, 0.2) is 17.8 Å². The number of Topliss-reactive ketones (excluding diaryl/α,β-unsaturated/α-hetero) is 1. The van der Waals surface area contributed by atoms with E-state index in [0.29, 0.717) is 13.0 Å².